The van der Waals surface area contributed by atoms with E-state index in [0.29, 0.717) is 0 Å². The van der Waals surface area contributed by atoms with Crippen molar-refractivity contribution in [3.63, 3.8) is 0 Å². The van der Waals surface area contributed by atoms with E-state index in [0.717, 1.165) is 41.5 Å². The Kier molecular flexibility index (Phi) is 3.20. The molecule has 2 aromatic carbocycles. The van der Waals surface area contributed by atoms with Gasteiger partial charge in [-0.1, -0.05) is 6.92 Å². The van der Waals surface area contributed by atoms with E-state index in [1.165, 1.54) is 0 Å². The molecule has 0 aliphatic heterocycles. The van der Waals surface area contributed by atoms with Crippen LogP contribution in [0.1, 0.15) is 42.0 Å². The van der Waals surface area contributed by atoms with Crippen molar-refractivity contribution in [3.8, 4) is 23.0 Å². The first-order chi connectivity index (χ1) is 10.3. The molecule has 22 heavy (non-hydrogen) atoms. The maximum absolute atomic E-state index is 9.88. The van der Waals surface area contributed by atoms with Crippen LogP contribution in [-0.2, 0) is 11.8 Å². The summed E-state index contributed by atoms with van der Waals surface area (Å²) in [6, 6.07) is 6.40. The van der Waals surface area contributed by atoms with Crippen LogP contribution in [0.5, 0.6) is 23.0 Å². The molecule has 1 aliphatic rings. The lowest BCUT2D eigenvalue weighted by molar-refractivity contribution is 0.390. The van der Waals surface area contributed by atoms with Crippen LogP contribution in [0.2, 0.25) is 0 Å². The summed E-state index contributed by atoms with van der Waals surface area (Å²) in [5.41, 5.74) is 3.40. The molecule has 0 saturated heterocycles. The van der Waals surface area contributed by atoms with Gasteiger partial charge >= 0.3 is 0 Å². The van der Waals surface area contributed by atoms with E-state index in [1.807, 2.05) is 6.92 Å². The number of hydrogen-bond donors (Lipinski definition) is 4. The molecule has 1 aliphatic carbocycles. The molecule has 0 spiro atoms. The summed E-state index contributed by atoms with van der Waals surface area (Å²) in [5, 5.41) is 39.1. The van der Waals surface area contributed by atoms with Crippen molar-refractivity contribution >= 4 is 0 Å². The molecule has 0 heterocycles. The zero-order chi connectivity index (χ0) is 16.1. The van der Waals surface area contributed by atoms with Crippen LogP contribution in [-0.4, -0.2) is 20.4 Å². The third-order valence-corrected chi connectivity index (χ3v) is 4.83. The van der Waals surface area contributed by atoms with Crippen molar-refractivity contribution in [3.05, 3.63) is 46.5 Å². The standard InChI is InChI=1S/C18H20O4/c1-10-6-14(19)16(21)8-12(10)18(2)5-3-4-11-7-15(20)17(22)9-13(11)18/h6-9,19-22H,3-5H2,1-2H3/t18-/m1/s1. The topological polar surface area (TPSA) is 80.9 Å². The van der Waals surface area contributed by atoms with Gasteiger partial charge in [-0.15, -0.1) is 0 Å². The Morgan fingerprint density at radius 1 is 0.818 bits per heavy atom. The number of aryl methyl sites for hydroxylation is 2. The van der Waals surface area contributed by atoms with Gasteiger partial charge in [0.2, 0.25) is 0 Å². The zero-order valence-corrected chi connectivity index (χ0v) is 12.7. The van der Waals surface area contributed by atoms with Gasteiger partial charge in [0.25, 0.3) is 0 Å². The van der Waals surface area contributed by atoms with Crippen LogP contribution in [0.15, 0.2) is 24.3 Å². The predicted octanol–water partition coefficient (Wildman–Crippen LogP) is 3.46. The zero-order valence-electron chi connectivity index (χ0n) is 12.7. The molecule has 4 N–H and O–H groups in total. The van der Waals surface area contributed by atoms with Crippen molar-refractivity contribution in [1.82, 2.24) is 0 Å². The van der Waals surface area contributed by atoms with E-state index < -0.39 is 0 Å². The lowest BCUT2D eigenvalue weighted by Gasteiger charge is -2.38. The Morgan fingerprint density at radius 3 is 2.05 bits per heavy atom. The van der Waals surface area contributed by atoms with Crippen LogP contribution >= 0.6 is 0 Å². The van der Waals surface area contributed by atoms with E-state index in [4.69, 9.17) is 0 Å². The van der Waals surface area contributed by atoms with Gasteiger partial charge in [-0.25, -0.2) is 0 Å². The molecule has 3 rings (SSSR count). The van der Waals surface area contributed by atoms with E-state index in [2.05, 4.69) is 6.92 Å². The van der Waals surface area contributed by atoms with Crippen LogP contribution < -0.4 is 0 Å². The molecule has 0 amide bonds. The molecular weight excluding hydrogens is 280 g/mol. The van der Waals surface area contributed by atoms with E-state index in [-0.39, 0.29) is 28.4 Å². The van der Waals surface area contributed by atoms with Gasteiger partial charge < -0.3 is 20.4 Å². The highest BCUT2D eigenvalue weighted by Gasteiger charge is 2.36. The number of fused-ring (bicyclic) bond motifs is 1. The Labute approximate surface area is 129 Å². The SMILES string of the molecule is Cc1cc(O)c(O)cc1[C@@]1(C)CCCc2cc(O)c(O)cc21. The quantitative estimate of drug-likeness (QED) is 0.608. The second-order valence-corrected chi connectivity index (χ2v) is 6.34. The summed E-state index contributed by atoms with van der Waals surface area (Å²) < 4.78 is 0. The fourth-order valence-corrected chi connectivity index (χ4v) is 3.66. The number of phenolic OH excluding ortho intramolecular Hbond substituents is 4. The molecule has 0 bridgehead atoms. The minimum absolute atomic E-state index is 0.103. The molecular formula is C18H20O4. The summed E-state index contributed by atoms with van der Waals surface area (Å²) in [4.78, 5) is 0. The minimum Gasteiger partial charge on any atom is -0.504 e. The Balaban J connectivity index is 2.24. The van der Waals surface area contributed by atoms with Crippen molar-refractivity contribution in [2.75, 3.05) is 0 Å². The maximum Gasteiger partial charge on any atom is 0.157 e. The first-order valence-electron chi connectivity index (χ1n) is 7.41. The third-order valence-electron chi connectivity index (χ3n) is 4.83. The van der Waals surface area contributed by atoms with Crippen molar-refractivity contribution in [2.24, 2.45) is 0 Å². The molecule has 2 aromatic rings. The molecule has 4 heteroatoms. The van der Waals surface area contributed by atoms with Crippen molar-refractivity contribution in [1.29, 1.82) is 0 Å². The molecule has 0 aromatic heterocycles. The second kappa shape index (κ2) is 4.83. The second-order valence-electron chi connectivity index (χ2n) is 6.34. The number of hydrogen-bond acceptors (Lipinski definition) is 4. The van der Waals surface area contributed by atoms with Crippen LogP contribution in [0.3, 0.4) is 0 Å². The van der Waals surface area contributed by atoms with Crippen molar-refractivity contribution in [2.45, 2.75) is 38.5 Å². The highest BCUT2D eigenvalue weighted by molar-refractivity contribution is 5.56. The molecule has 1 atom stereocenters. The van der Waals surface area contributed by atoms with Gasteiger partial charge in [-0.05, 0) is 72.7 Å². The fraction of sp³-hybridized carbons (Fsp3) is 0.333. The smallest absolute Gasteiger partial charge is 0.157 e. The minimum atomic E-state index is -0.381. The number of rotatable bonds is 1. The fourth-order valence-electron chi connectivity index (χ4n) is 3.66. The van der Waals surface area contributed by atoms with Crippen molar-refractivity contribution < 1.29 is 20.4 Å². The lowest BCUT2D eigenvalue weighted by Crippen LogP contribution is -2.29. The average molecular weight is 300 g/mol. The Hall–Kier alpha value is -2.36. The van der Waals surface area contributed by atoms with E-state index in [1.54, 1.807) is 24.3 Å². The van der Waals surface area contributed by atoms with Gasteiger partial charge in [-0.2, -0.15) is 0 Å². The molecule has 4 nitrogen and oxygen atoms in total. The van der Waals surface area contributed by atoms with E-state index >= 15 is 0 Å². The van der Waals surface area contributed by atoms with Crippen LogP contribution in [0, 0.1) is 6.92 Å². The van der Waals surface area contributed by atoms with Crippen LogP contribution in [0.25, 0.3) is 0 Å². The summed E-state index contributed by atoms with van der Waals surface area (Å²) in [7, 11) is 0. The first kappa shape index (κ1) is 14.6. The summed E-state index contributed by atoms with van der Waals surface area (Å²) in [6.45, 7) is 3.97. The summed E-state index contributed by atoms with van der Waals surface area (Å²) in [6.07, 6.45) is 2.67. The molecule has 0 unspecified atom stereocenters. The highest BCUT2D eigenvalue weighted by atomic mass is 16.3. The average Bonchev–Trinajstić information content (AvgIpc) is 2.45. The van der Waals surface area contributed by atoms with Gasteiger partial charge in [0.05, 0.1) is 0 Å². The summed E-state index contributed by atoms with van der Waals surface area (Å²) >= 11 is 0. The monoisotopic (exact) mass is 300 g/mol. The van der Waals surface area contributed by atoms with Gasteiger partial charge in [0, 0.05) is 5.41 Å². The van der Waals surface area contributed by atoms with Crippen LogP contribution in [0.4, 0.5) is 0 Å². The van der Waals surface area contributed by atoms with E-state index in [9.17, 15) is 20.4 Å². The summed E-state index contributed by atoms with van der Waals surface area (Å²) in [5.74, 6) is -0.507. The first-order valence-corrected chi connectivity index (χ1v) is 7.41. The molecule has 116 valence electrons. The van der Waals surface area contributed by atoms with Gasteiger partial charge in [-0.3, -0.25) is 0 Å². The molecule has 0 fully saturated rings. The largest absolute Gasteiger partial charge is 0.504 e. The maximum atomic E-state index is 9.88. The van der Waals surface area contributed by atoms with Gasteiger partial charge in [0.1, 0.15) is 0 Å². The number of benzene rings is 2. The number of aromatic hydroxyl groups is 4. The Bertz CT molecular complexity index is 751. The normalized spacial score (nSPS) is 20.6. The highest BCUT2D eigenvalue weighted by Crippen LogP contribution is 2.48. The third kappa shape index (κ3) is 2.06. The number of phenols is 4. The van der Waals surface area contributed by atoms with Gasteiger partial charge in [0.15, 0.2) is 23.0 Å². The molecule has 0 radical (unpaired) electrons. The molecule has 0 saturated carbocycles. The Morgan fingerprint density at radius 2 is 1.36 bits per heavy atom. The lowest BCUT2D eigenvalue weighted by atomic mass is 9.66. The predicted molar refractivity (Wildman–Crippen MR) is 83.7 cm³/mol.